The number of rotatable bonds is 5. The van der Waals surface area contributed by atoms with E-state index in [1.54, 1.807) is 4.57 Å². The quantitative estimate of drug-likeness (QED) is 0.537. The second kappa shape index (κ2) is 6.73. The van der Waals surface area contributed by atoms with Crippen LogP contribution in [0.2, 0.25) is 0 Å². The van der Waals surface area contributed by atoms with Crippen LogP contribution in [-0.4, -0.2) is 13.9 Å². The lowest BCUT2D eigenvalue weighted by Crippen LogP contribution is -2.15. The summed E-state index contributed by atoms with van der Waals surface area (Å²) in [5.41, 5.74) is 3.61. The Morgan fingerprint density at radius 3 is 2.96 bits per heavy atom. The van der Waals surface area contributed by atoms with Gasteiger partial charge in [0.15, 0.2) is 5.58 Å². The van der Waals surface area contributed by atoms with E-state index in [1.165, 1.54) is 29.8 Å². The van der Waals surface area contributed by atoms with E-state index in [0.29, 0.717) is 12.1 Å². The molecule has 0 saturated heterocycles. The molecule has 6 nitrogen and oxygen atoms in total. The van der Waals surface area contributed by atoms with Crippen molar-refractivity contribution in [3.63, 3.8) is 0 Å². The lowest BCUT2D eigenvalue weighted by molar-refractivity contribution is 0.517. The number of fused-ring (bicyclic) bond motifs is 1. The van der Waals surface area contributed by atoms with Crippen LogP contribution in [0.3, 0.4) is 0 Å². The zero-order chi connectivity index (χ0) is 17.2. The van der Waals surface area contributed by atoms with Crippen LogP contribution in [0.25, 0.3) is 11.1 Å². The average molecular weight is 370 g/mol. The molecule has 0 aliphatic carbocycles. The minimum absolute atomic E-state index is 0.350. The standard InChI is InChI=1S/C17H14N4O2S2/c1-11-4-2-3-5-12(11)9-21-14-7-6-13(8-15(14)23-17(21)22)24-20-16-18-10-19-25-16/h2-8,10H,9H2,1H3,(H,18,19,20). The molecule has 0 bridgehead atoms. The predicted octanol–water partition coefficient (Wildman–Crippen LogP) is 3.92. The third-order valence-corrected chi connectivity index (χ3v) is 5.34. The van der Waals surface area contributed by atoms with E-state index in [4.69, 9.17) is 4.42 Å². The predicted molar refractivity (Wildman–Crippen MR) is 100 cm³/mol. The molecule has 2 aromatic carbocycles. The maximum absolute atomic E-state index is 12.3. The Morgan fingerprint density at radius 1 is 1.28 bits per heavy atom. The summed E-state index contributed by atoms with van der Waals surface area (Å²) in [6.45, 7) is 2.53. The fourth-order valence-electron chi connectivity index (χ4n) is 2.54. The van der Waals surface area contributed by atoms with Crippen molar-refractivity contribution in [2.24, 2.45) is 0 Å². The average Bonchev–Trinajstić information content (AvgIpc) is 3.23. The Morgan fingerprint density at radius 2 is 2.16 bits per heavy atom. The SMILES string of the molecule is Cc1ccccc1Cn1c(=O)oc2cc(SNc3ncns3)ccc21. The highest BCUT2D eigenvalue weighted by Crippen LogP contribution is 2.25. The molecule has 8 heteroatoms. The zero-order valence-corrected chi connectivity index (χ0v) is 14.9. The minimum atomic E-state index is -0.350. The van der Waals surface area contributed by atoms with Gasteiger partial charge in [-0.3, -0.25) is 4.57 Å². The van der Waals surface area contributed by atoms with E-state index in [-0.39, 0.29) is 5.76 Å². The van der Waals surface area contributed by atoms with Crippen LogP contribution in [0.15, 0.2) is 62.9 Å². The number of aromatic nitrogens is 3. The van der Waals surface area contributed by atoms with Crippen LogP contribution in [0.4, 0.5) is 5.13 Å². The number of nitrogens with one attached hydrogen (secondary N) is 1. The number of hydrogen-bond acceptors (Lipinski definition) is 7. The summed E-state index contributed by atoms with van der Waals surface area (Å²) < 4.78 is 14.1. The number of benzene rings is 2. The van der Waals surface area contributed by atoms with Gasteiger partial charge in [-0.25, -0.2) is 9.78 Å². The third-order valence-electron chi connectivity index (χ3n) is 3.85. The van der Waals surface area contributed by atoms with E-state index in [1.807, 2.05) is 49.4 Å². The fourth-order valence-corrected chi connectivity index (χ4v) is 3.66. The molecule has 0 spiro atoms. The maximum atomic E-state index is 12.3. The first-order chi connectivity index (χ1) is 12.2. The largest absolute Gasteiger partial charge is 0.420 e. The highest BCUT2D eigenvalue weighted by atomic mass is 32.2. The molecule has 0 atom stereocenters. The number of aryl methyl sites for hydroxylation is 1. The monoisotopic (exact) mass is 370 g/mol. The second-order valence-electron chi connectivity index (χ2n) is 5.46. The van der Waals surface area contributed by atoms with Crippen LogP contribution in [0, 0.1) is 6.92 Å². The fraction of sp³-hybridized carbons (Fsp3) is 0.118. The molecule has 4 aromatic rings. The van der Waals surface area contributed by atoms with Crippen LogP contribution < -0.4 is 10.5 Å². The highest BCUT2D eigenvalue weighted by Gasteiger charge is 2.11. The van der Waals surface area contributed by atoms with Crippen molar-refractivity contribution in [1.82, 2.24) is 13.9 Å². The number of hydrogen-bond donors (Lipinski definition) is 1. The zero-order valence-electron chi connectivity index (χ0n) is 13.3. The Hall–Kier alpha value is -2.58. The molecule has 0 saturated carbocycles. The molecule has 0 aliphatic rings. The van der Waals surface area contributed by atoms with Crippen LogP contribution in [0.5, 0.6) is 0 Å². The van der Waals surface area contributed by atoms with Crippen molar-refractivity contribution < 1.29 is 4.42 Å². The van der Waals surface area contributed by atoms with Crippen LogP contribution >= 0.6 is 23.5 Å². The summed E-state index contributed by atoms with van der Waals surface area (Å²) in [7, 11) is 0. The molecule has 0 fully saturated rings. The van der Waals surface area contributed by atoms with Crippen molar-refractivity contribution in [3.05, 3.63) is 70.5 Å². The first kappa shape index (κ1) is 15.9. The van der Waals surface area contributed by atoms with Gasteiger partial charge in [-0.2, -0.15) is 4.37 Å². The van der Waals surface area contributed by atoms with Crippen molar-refractivity contribution >= 4 is 39.7 Å². The van der Waals surface area contributed by atoms with E-state index in [0.717, 1.165) is 26.7 Å². The van der Waals surface area contributed by atoms with Gasteiger partial charge in [0.05, 0.1) is 12.1 Å². The van der Waals surface area contributed by atoms with Gasteiger partial charge in [0, 0.05) is 16.4 Å². The summed E-state index contributed by atoms with van der Waals surface area (Å²) in [4.78, 5) is 17.3. The third kappa shape index (κ3) is 3.31. The minimum Gasteiger partial charge on any atom is -0.408 e. The number of nitrogens with zero attached hydrogens (tertiary/aromatic N) is 3. The second-order valence-corrected chi connectivity index (χ2v) is 7.12. The van der Waals surface area contributed by atoms with Crippen LogP contribution in [0.1, 0.15) is 11.1 Å². The molecule has 0 unspecified atom stereocenters. The lowest BCUT2D eigenvalue weighted by atomic mass is 10.1. The molecule has 126 valence electrons. The normalized spacial score (nSPS) is 11.1. The van der Waals surface area contributed by atoms with Crippen molar-refractivity contribution in [2.75, 3.05) is 4.72 Å². The number of oxazole rings is 1. The first-order valence-electron chi connectivity index (χ1n) is 7.58. The summed E-state index contributed by atoms with van der Waals surface area (Å²) in [6, 6.07) is 13.7. The maximum Gasteiger partial charge on any atom is 0.420 e. The summed E-state index contributed by atoms with van der Waals surface area (Å²) >= 11 is 2.69. The summed E-state index contributed by atoms with van der Waals surface area (Å²) in [5, 5.41) is 0.726. The highest BCUT2D eigenvalue weighted by molar-refractivity contribution is 8.00. The number of anilines is 1. The molecule has 1 N–H and O–H groups in total. The van der Waals surface area contributed by atoms with Gasteiger partial charge in [-0.05, 0) is 48.2 Å². The molecular formula is C17H14N4O2S2. The van der Waals surface area contributed by atoms with E-state index in [2.05, 4.69) is 14.1 Å². The van der Waals surface area contributed by atoms with Gasteiger partial charge in [-0.15, -0.1) is 0 Å². The van der Waals surface area contributed by atoms with Gasteiger partial charge in [0.1, 0.15) is 6.33 Å². The lowest BCUT2D eigenvalue weighted by Gasteiger charge is -2.06. The Bertz CT molecular complexity index is 1070. The summed E-state index contributed by atoms with van der Waals surface area (Å²) in [6.07, 6.45) is 1.50. The van der Waals surface area contributed by atoms with Crippen LogP contribution in [-0.2, 0) is 6.54 Å². The molecule has 0 amide bonds. The molecule has 2 aromatic heterocycles. The van der Waals surface area contributed by atoms with E-state index < -0.39 is 0 Å². The van der Waals surface area contributed by atoms with Gasteiger partial charge in [0.25, 0.3) is 0 Å². The Balaban J connectivity index is 1.62. The first-order valence-corrected chi connectivity index (χ1v) is 9.17. The molecule has 2 heterocycles. The van der Waals surface area contributed by atoms with Gasteiger partial charge < -0.3 is 9.14 Å². The molecule has 0 aliphatic heterocycles. The van der Waals surface area contributed by atoms with Gasteiger partial charge >= 0.3 is 5.76 Å². The molecule has 4 rings (SSSR count). The van der Waals surface area contributed by atoms with Crippen molar-refractivity contribution in [1.29, 1.82) is 0 Å². The Labute approximate surface area is 151 Å². The van der Waals surface area contributed by atoms with Gasteiger partial charge in [0.2, 0.25) is 5.13 Å². The molecule has 25 heavy (non-hydrogen) atoms. The Kier molecular flexibility index (Phi) is 4.29. The smallest absolute Gasteiger partial charge is 0.408 e. The van der Waals surface area contributed by atoms with E-state index in [9.17, 15) is 4.79 Å². The van der Waals surface area contributed by atoms with Gasteiger partial charge in [-0.1, -0.05) is 24.3 Å². The summed E-state index contributed by atoms with van der Waals surface area (Å²) in [5.74, 6) is -0.350. The van der Waals surface area contributed by atoms with E-state index >= 15 is 0 Å². The molecule has 0 radical (unpaired) electrons. The van der Waals surface area contributed by atoms with Crippen molar-refractivity contribution in [3.8, 4) is 0 Å². The topological polar surface area (TPSA) is 73.0 Å². The molecular weight excluding hydrogens is 356 g/mol. The van der Waals surface area contributed by atoms with Crippen molar-refractivity contribution in [2.45, 2.75) is 18.4 Å².